The number of hydrogen-bond acceptors (Lipinski definition) is 2. The van der Waals surface area contributed by atoms with Gasteiger partial charge in [-0.3, -0.25) is 20.4 Å². The molecule has 2 rings (SSSR count). The zero-order chi connectivity index (χ0) is 16.7. The van der Waals surface area contributed by atoms with Crippen LogP contribution in [0.4, 0.5) is 0 Å². The van der Waals surface area contributed by atoms with E-state index in [1.54, 1.807) is 18.2 Å². The minimum Gasteiger partial charge on any atom is -0.268 e. The molecule has 2 aromatic carbocycles. The molecular formula is C19H20N2O2. The molecule has 0 heterocycles. The quantitative estimate of drug-likeness (QED) is 0.674. The van der Waals surface area contributed by atoms with Crippen LogP contribution in [0.5, 0.6) is 0 Å². The number of nitrogens with one attached hydrogen (secondary N) is 2. The SMILES string of the molecule is CCc1ccc(/C=C/C(=O)NNC(=O)c2ccc(C)cc2)cc1. The number of benzene rings is 2. The van der Waals surface area contributed by atoms with Gasteiger partial charge in [-0.2, -0.15) is 0 Å². The van der Waals surface area contributed by atoms with Gasteiger partial charge < -0.3 is 0 Å². The molecule has 0 aliphatic rings. The van der Waals surface area contributed by atoms with Crippen molar-refractivity contribution in [3.8, 4) is 0 Å². The minimum absolute atomic E-state index is 0.348. The van der Waals surface area contributed by atoms with E-state index in [0.29, 0.717) is 5.56 Å². The van der Waals surface area contributed by atoms with Gasteiger partial charge in [0.15, 0.2) is 0 Å². The van der Waals surface area contributed by atoms with Gasteiger partial charge in [-0.15, -0.1) is 0 Å². The molecule has 23 heavy (non-hydrogen) atoms. The zero-order valence-electron chi connectivity index (χ0n) is 13.3. The van der Waals surface area contributed by atoms with Crippen LogP contribution in [-0.4, -0.2) is 11.8 Å². The highest BCUT2D eigenvalue weighted by atomic mass is 16.2. The van der Waals surface area contributed by atoms with Gasteiger partial charge in [0.2, 0.25) is 0 Å². The second kappa shape index (κ2) is 7.94. The van der Waals surface area contributed by atoms with Crippen molar-refractivity contribution in [1.82, 2.24) is 10.9 Å². The Labute approximate surface area is 136 Å². The van der Waals surface area contributed by atoms with Crippen molar-refractivity contribution in [2.24, 2.45) is 0 Å². The molecule has 0 unspecified atom stereocenters. The Bertz CT molecular complexity index is 701. The number of rotatable bonds is 4. The number of hydrazine groups is 1. The lowest BCUT2D eigenvalue weighted by Crippen LogP contribution is -2.40. The minimum atomic E-state index is -0.384. The average Bonchev–Trinajstić information content (AvgIpc) is 2.59. The van der Waals surface area contributed by atoms with Crippen LogP contribution in [0.2, 0.25) is 0 Å². The van der Waals surface area contributed by atoms with Gasteiger partial charge in [-0.25, -0.2) is 0 Å². The smallest absolute Gasteiger partial charge is 0.268 e. The first-order chi connectivity index (χ1) is 11.1. The summed E-state index contributed by atoms with van der Waals surface area (Å²) in [5, 5.41) is 0. The summed E-state index contributed by atoms with van der Waals surface area (Å²) in [5.74, 6) is -0.732. The molecule has 2 amide bonds. The van der Waals surface area contributed by atoms with Crippen LogP contribution in [-0.2, 0) is 11.2 Å². The van der Waals surface area contributed by atoms with Crippen molar-refractivity contribution in [1.29, 1.82) is 0 Å². The van der Waals surface area contributed by atoms with E-state index >= 15 is 0 Å². The molecule has 0 aromatic heterocycles. The summed E-state index contributed by atoms with van der Waals surface area (Å²) in [6.07, 6.45) is 4.07. The zero-order valence-corrected chi connectivity index (χ0v) is 13.3. The number of carbonyl (C=O) groups excluding carboxylic acids is 2. The molecule has 0 saturated carbocycles. The van der Waals surface area contributed by atoms with Crippen LogP contribution in [0.15, 0.2) is 54.6 Å². The highest BCUT2D eigenvalue weighted by molar-refractivity contribution is 5.97. The van der Waals surface area contributed by atoms with E-state index in [9.17, 15) is 9.59 Å². The molecule has 0 fully saturated rings. The fourth-order valence-corrected chi connectivity index (χ4v) is 1.97. The van der Waals surface area contributed by atoms with Gasteiger partial charge in [-0.1, -0.05) is 48.9 Å². The molecule has 0 atom stereocenters. The van der Waals surface area contributed by atoms with E-state index < -0.39 is 0 Å². The standard InChI is InChI=1S/C19H20N2O2/c1-3-15-6-8-16(9-7-15)10-13-18(22)20-21-19(23)17-11-4-14(2)5-12-17/h4-13H,3H2,1-2H3,(H,20,22)(H,21,23)/b13-10+. The summed E-state index contributed by atoms with van der Waals surface area (Å²) in [7, 11) is 0. The van der Waals surface area contributed by atoms with E-state index in [-0.39, 0.29) is 11.8 Å². The van der Waals surface area contributed by atoms with Crippen LogP contribution in [0.3, 0.4) is 0 Å². The first kappa shape index (κ1) is 16.5. The maximum absolute atomic E-state index is 11.9. The molecule has 0 saturated heterocycles. The summed E-state index contributed by atoms with van der Waals surface area (Å²) in [6.45, 7) is 4.04. The molecule has 4 nitrogen and oxygen atoms in total. The average molecular weight is 308 g/mol. The summed E-state index contributed by atoms with van der Waals surface area (Å²) >= 11 is 0. The molecule has 0 spiro atoms. The molecule has 4 heteroatoms. The molecule has 0 aliphatic carbocycles. The summed E-state index contributed by atoms with van der Waals surface area (Å²) < 4.78 is 0. The van der Waals surface area contributed by atoms with Gasteiger partial charge in [0.25, 0.3) is 11.8 Å². The fraction of sp³-hybridized carbons (Fsp3) is 0.158. The third-order valence-electron chi connectivity index (χ3n) is 3.43. The number of hydrogen-bond donors (Lipinski definition) is 2. The van der Waals surface area contributed by atoms with Gasteiger partial charge in [0, 0.05) is 11.6 Å². The molecule has 118 valence electrons. The number of aryl methyl sites for hydroxylation is 2. The van der Waals surface area contributed by atoms with Crippen molar-refractivity contribution in [2.45, 2.75) is 20.3 Å². The Balaban J connectivity index is 1.85. The highest BCUT2D eigenvalue weighted by Crippen LogP contribution is 2.06. The van der Waals surface area contributed by atoms with Crippen LogP contribution in [0.25, 0.3) is 6.08 Å². The first-order valence-electron chi connectivity index (χ1n) is 7.52. The molecule has 0 bridgehead atoms. The summed E-state index contributed by atoms with van der Waals surface area (Å²) in [4.78, 5) is 23.6. The molecular weight excluding hydrogens is 288 g/mol. The predicted molar refractivity (Wildman–Crippen MR) is 91.6 cm³/mol. The Morgan fingerprint density at radius 2 is 1.61 bits per heavy atom. The normalized spacial score (nSPS) is 10.5. The van der Waals surface area contributed by atoms with Crippen LogP contribution in [0.1, 0.15) is 34.0 Å². The van der Waals surface area contributed by atoms with Crippen LogP contribution in [0, 0.1) is 6.92 Å². The van der Waals surface area contributed by atoms with E-state index in [1.165, 1.54) is 11.6 Å². The third-order valence-corrected chi connectivity index (χ3v) is 3.43. The van der Waals surface area contributed by atoms with Crippen molar-refractivity contribution in [2.75, 3.05) is 0 Å². The Morgan fingerprint density at radius 1 is 0.957 bits per heavy atom. The van der Waals surface area contributed by atoms with Crippen molar-refractivity contribution in [3.05, 3.63) is 76.9 Å². The molecule has 2 aromatic rings. The summed E-state index contributed by atoms with van der Waals surface area (Å²) in [5.41, 5.74) is 8.49. The maximum Gasteiger partial charge on any atom is 0.269 e. The second-order valence-electron chi connectivity index (χ2n) is 5.24. The van der Waals surface area contributed by atoms with Crippen molar-refractivity contribution < 1.29 is 9.59 Å². The lowest BCUT2D eigenvalue weighted by Gasteiger charge is -2.05. The van der Waals surface area contributed by atoms with E-state index in [2.05, 4.69) is 17.8 Å². The molecule has 0 aliphatic heterocycles. The fourth-order valence-electron chi connectivity index (χ4n) is 1.97. The van der Waals surface area contributed by atoms with E-state index in [4.69, 9.17) is 0 Å². The van der Waals surface area contributed by atoms with Gasteiger partial charge in [0.05, 0.1) is 0 Å². The molecule has 0 radical (unpaired) electrons. The summed E-state index contributed by atoms with van der Waals surface area (Å²) in [6, 6.07) is 15.1. The first-order valence-corrected chi connectivity index (χ1v) is 7.52. The monoisotopic (exact) mass is 308 g/mol. The maximum atomic E-state index is 11.9. The van der Waals surface area contributed by atoms with Crippen molar-refractivity contribution >= 4 is 17.9 Å². The Kier molecular flexibility index (Phi) is 5.69. The number of amides is 2. The Hall–Kier alpha value is -2.88. The second-order valence-corrected chi connectivity index (χ2v) is 5.24. The largest absolute Gasteiger partial charge is 0.269 e. The van der Waals surface area contributed by atoms with Crippen LogP contribution >= 0.6 is 0 Å². The highest BCUT2D eigenvalue weighted by Gasteiger charge is 2.05. The van der Waals surface area contributed by atoms with Crippen LogP contribution < -0.4 is 10.9 Å². The van der Waals surface area contributed by atoms with E-state index in [0.717, 1.165) is 17.5 Å². The topological polar surface area (TPSA) is 58.2 Å². The van der Waals surface area contributed by atoms with Gasteiger partial charge in [-0.05, 0) is 42.7 Å². The lowest BCUT2D eigenvalue weighted by atomic mass is 10.1. The van der Waals surface area contributed by atoms with Gasteiger partial charge >= 0.3 is 0 Å². The molecule has 2 N–H and O–H groups in total. The third kappa shape index (κ3) is 5.11. The predicted octanol–water partition coefficient (Wildman–Crippen LogP) is 3.03. The Morgan fingerprint density at radius 3 is 2.22 bits per heavy atom. The number of carbonyl (C=O) groups is 2. The van der Waals surface area contributed by atoms with Gasteiger partial charge in [0.1, 0.15) is 0 Å². The van der Waals surface area contributed by atoms with E-state index in [1.807, 2.05) is 43.3 Å². The van der Waals surface area contributed by atoms with Crippen molar-refractivity contribution in [3.63, 3.8) is 0 Å². The lowest BCUT2D eigenvalue weighted by molar-refractivity contribution is -0.117.